The van der Waals surface area contributed by atoms with E-state index in [2.05, 4.69) is 4.98 Å². The summed E-state index contributed by atoms with van der Waals surface area (Å²) in [5, 5.41) is 10.9. The molecule has 1 aromatic heterocycles. The molecule has 8 heteroatoms. The van der Waals surface area contributed by atoms with E-state index in [1.54, 1.807) is 24.0 Å². The number of hydrogen-bond acceptors (Lipinski definition) is 6. The Labute approximate surface area is 176 Å². The van der Waals surface area contributed by atoms with Crippen molar-refractivity contribution in [2.75, 3.05) is 18.1 Å². The fraction of sp³-hybridized carbons (Fsp3) is 0.455. The third-order valence-electron chi connectivity index (χ3n) is 4.70. The van der Waals surface area contributed by atoms with Crippen molar-refractivity contribution in [1.82, 2.24) is 4.98 Å². The lowest BCUT2D eigenvalue weighted by Crippen LogP contribution is -2.40. The zero-order valence-electron chi connectivity index (χ0n) is 17.8. The lowest BCUT2D eigenvalue weighted by atomic mass is 10.1. The van der Waals surface area contributed by atoms with Crippen LogP contribution in [-0.2, 0) is 17.6 Å². The fourth-order valence-corrected chi connectivity index (χ4v) is 3.31. The molecule has 0 atom stereocenters. The minimum atomic E-state index is -0.566. The van der Waals surface area contributed by atoms with Crippen molar-refractivity contribution in [3.05, 3.63) is 57.3 Å². The quantitative estimate of drug-likeness (QED) is 0.525. The van der Waals surface area contributed by atoms with Crippen LogP contribution in [0.15, 0.2) is 30.3 Å². The highest BCUT2D eigenvalue weighted by Crippen LogP contribution is 2.27. The number of nitrogens with zero attached hydrogens (tertiary/aromatic N) is 3. The number of amides is 1. The molecular formula is C22H27N3O5. The minimum absolute atomic E-state index is 0.0703. The van der Waals surface area contributed by atoms with Crippen molar-refractivity contribution in [2.24, 2.45) is 0 Å². The summed E-state index contributed by atoms with van der Waals surface area (Å²) < 4.78 is 11.3. The molecule has 2 heterocycles. The van der Waals surface area contributed by atoms with Gasteiger partial charge in [-0.3, -0.25) is 15.0 Å². The number of nitro benzene ring substituents is 1. The summed E-state index contributed by atoms with van der Waals surface area (Å²) in [5.41, 5.74) is 1.90. The van der Waals surface area contributed by atoms with Gasteiger partial charge < -0.3 is 9.47 Å². The van der Waals surface area contributed by atoms with Crippen LogP contribution < -0.4 is 9.64 Å². The van der Waals surface area contributed by atoms with E-state index >= 15 is 0 Å². The lowest BCUT2D eigenvalue weighted by Gasteiger charge is -2.31. The second-order valence-corrected chi connectivity index (χ2v) is 8.32. The van der Waals surface area contributed by atoms with Crippen molar-refractivity contribution in [3.63, 3.8) is 0 Å². The molecule has 1 aromatic carbocycles. The van der Waals surface area contributed by atoms with Crippen LogP contribution in [0.3, 0.4) is 0 Å². The molecule has 0 N–H and O–H groups in total. The molecule has 30 heavy (non-hydrogen) atoms. The number of aromatic nitrogens is 1. The molecule has 2 aromatic rings. The van der Waals surface area contributed by atoms with Crippen LogP contribution in [0.1, 0.15) is 44.0 Å². The molecule has 0 unspecified atom stereocenters. The van der Waals surface area contributed by atoms with Gasteiger partial charge in [0.1, 0.15) is 17.2 Å². The van der Waals surface area contributed by atoms with E-state index in [4.69, 9.17) is 9.47 Å². The largest absolute Gasteiger partial charge is 0.493 e. The summed E-state index contributed by atoms with van der Waals surface area (Å²) in [7, 11) is 0. The summed E-state index contributed by atoms with van der Waals surface area (Å²) in [6, 6.07) is 8.64. The van der Waals surface area contributed by atoms with E-state index in [-0.39, 0.29) is 11.8 Å². The molecule has 1 aliphatic heterocycles. The van der Waals surface area contributed by atoms with Gasteiger partial charge in [0, 0.05) is 30.3 Å². The number of fused-ring (bicyclic) bond motifs is 1. The molecule has 0 spiro atoms. The topological polar surface area (TPSA) is 94.8 Å². The van der Waals surface area contributed by atoms with Gasteiger partial charge >= 0.3 is 6.09 Å². The molecule has 1 aliphatic rings. The van der Waals surface area contributed by atoms with Gasteiger partial charge in [-0.2, -0.15) is 0 Å². The van der Waals surface area contributed by atoms with Crippen LogP contribution in [0.25, 0.3) is 0 Å². The number of rotatable bonds is 5. The Morgan fingerprint density at radius 3 is 2.70 bits per heavy atom. The monoisotopic (exact) mass is 413 g/mol. The van der Waals surface area contributed by atoms with Crippen molar-refractivity contribution in [2.45, 2.75) is 52.6 Å². The number of carbonyl (C=O) groups excluding carboxylic acids is 1. The van der Waals surface area contributed by atoms with Crippen LogP contribution in [-0.4, -0.2) is 34.8 Å². The summed E-state index contributed by atoms with van der Waals surface area (Å²) in [6.45, 7) is 8.16. The van der Waals surface area contributed by atoms with Crippen molar-refractivity contribution in [1.29, 1.82) is 0 Å². The standard InChI is InChI=1S/C22H27N3O5/c1-15-14-18(9-10-19(15)25(27)28)29-13-11-17-8-7-16-6-5-12-24(20(16)23-17)21(26)30-22(2,3)4/h7-10,14H,5-6,11-13H2,1-4H3. The maximum atomic E-state index is 12.6. The van der Waals surface area contributed by atoms with Gasteiger partial charge in [0.05, 0.1) is 11.5 Å². The molecule has 0 saturated carbocycles. The van der Waals surface area contributed by atoms with E-state index in [1.807, 2.05) is 32.9 Å². The first kappa shape index (κ1) is 21.5. The second kappa shape index (κ2) is 8.69. The van der Waals surface area contributed by atoms with Crippen molar-refractivity contribution in [3.8, 4) is 5.75 Å². The SMILES string of the molecule is Cc1cc(OCCc2ccc3c(n2)N(C(=O)OC(C)(C)C)CCC3)ccc1[N+](=O)[O-]. The number of aryl methyl sites for hydroxylation is 2. The maximum absolute atomic E-state index is 12.6. The van der Waals surface area contributed by atoms with Gasteiger partial charge in [-0.05, 0) is 64.3 Å². The van der Waals surface area contributed by atoms with Crippen molar-refractivity contribution >= 4 is 17.6 Å². The second-order valence-electron chi connectivity index (χ2n) is 8.32. The van der Waals surface area contributed by atoms with Crippen LogP contribution in [0.5, 0.6) is 5.75 Å². The normalized spacial score (nSPS) is 13.5. The molecule has 1 amide bonds. The average Bonchev–Trinajstić information content (AvgIpc) is 2.66. The molecule has 0 radical (unpaired) electrons. The zero-order valence-corrected chi connectivity index (χ0v) is 17.8. The molecular weight excluding hydrogens is 386 g/mol. The number of ether oxygens (including phenoxy) is 2. The molecule has 160 valence electrons. The number of benzene rings is 1. The molecule has 8 nitrogen and oxygen atoms in total. The van der Waals surface area contributed by atoms with E-state index in [1.165, 1.54) is 6.07 Å². The number of carbonyl (C=O) groups is 1. The predicted octanol–water partition coefficient (Wildman–Crippen LogP) is 4.61. The highest BCUT2D eigenvalue weighted by molar-refractivity contribution is 5.88. The first-order valence-corrected chi connectivity index (χ1v) is 10.0. The Bertz CT molecular complexity index is 952. The summed E-state index contributed by atoms with van der Waals surface area (Å²) >= 11 is 0. The molecule has 0 saturated heterocycles. The van der Waals surface area contributed by atoms with Crippen molar-refractivity contribution < 1.29 is 19.2 Å². The van der Waals surface area contributed by atoms with Crippen LogP contribution in [0, 0.1) is 17.0 Å². The first-order valence-electron chi connectivity index (χ1n) is 10.0. The Morgan fingerprint density at radius 1 is 1.27 bits per heavy atom. The Hall–Kier alpha value is -3.16. The van der Waals surface area contributed by atoms with Gasteiger partial charge in [-0.15, -0.1) is 0 Å². The molecule has 0 bridgehead atoms. The lowest BCUT2D eigenvalue weighted by molar-refractivity contribution is -0.385. The highest BCUT2D eigenvalue weighted by atomic mass is 16.6. The summed E-state index contributed by atoms with van der Waals surface area (Å²) in [4.78, 5) is 29.4. The van der Waals surface area contributed by atoms with Gasteiger partial charge in [0.2, 0.25) is 0 Å². The van der Waals surface area contributed by atoms with Crippen LogP contribution in [0.2, 0.25) is 0 Å². The fourth-order valence-electron chi connectivity index (χ4n) is 3.31. The first-order chi connectivity index (χ1) is 14.1. The van der Waals surface area contributed by atoms with Gasteiger partial charge in [-0.1, -0.05) is 6.07 Å². The number of hydrogen-bond donors (Lipinski definition) is 0. The average molecular weight is 413 g/mol. The molecule has 0 fully saturated rings. The van der Waals surface area contributed by atoms with Crippen LogP contribution >= 0.6 is 0 Å². The number of pyridine rings is 1. The zero-order chi connectivity index (χ0) is 21.9. The van der Waals surface area contributed by atoms with E-state index < -0.39 is 10.5 Å². The number of nitro groups is 1. The van der Waals surface area contributed by atoms with E-state index in [0.717, 1.165) is 24.1 Å². The summed E-state index contributed by atoms with van der Waals surface area (Å²) in [6.07, 6.45) is 1.91. The van der Waals surface area contributed by atoms with Gasteiger partial charge in [-0.25, -0.2) is 9.78 Å². The summed E-state index contributed by atoms with van der Waals surface area (Å²) in [5.74, 6) is 1.23. The minimum Gasteiger partial charge on any atom is -0.493 e. The Balaban J connectivity index is 1.67. The molecule has 3 rings (SSSR count). The highest BCUT2D eigenvalue weighted by Gasteiger charge is 2.28. The smallest absolute Gasteiger partial charge is 0.416 e. The van der Waals surface area contributed by atoms with Crippen LogP contribution in [0.4, 0.5) is 16.3 Å². The molecule has 0 aliphatic carbocycles. The third kappa shape index (κ3) is 5.25. The van der Waals surface area contributed by atoms with E-state index in [0.29, 0.717) is 36.7 Å². The maximum Gasteiger partial charge on any atom is 0.416 e. The van der Waals surface area contributed by atoms with Gasteiger partial charge in [0.15, 0.2) is 0 Å². The third-order valence-corrected chi connectivity index (χ3v) is 4.70. The van der Waals surface area contributed by atoms with Gasteiger partial charge in [0.25, 0.3) is 5.69 Å². The Morgan fingerprint density at radius 2 is 2.03 bits per heavy atom. The van der Waals surface area contributed by atoms with E-state index in [9.17, 15) is 14.9 Å². The number of anilines is 1. The predicted molar refractivity (Wildman–Crippen MR) is 113 cm³/mol. The Kier molecular flexibility index (Phi) is 6.24.